The van der Waals surface area contributed by atoms with Crippen molar-refractivity contribution in [2.24, 2.45) is 5.41 Å². The summed E-state index contributed by atoms with van der Waals surface area (Å²) in [6, 6.07) is 0. The predicted molar refractivity (Wildman–Crippen MR) is 71.7 cm³/mol. The fraction of sp³-hybridized carbons (Fsp3) is 1.00. The van der Waals surface area contributed by atoms with Gasteiger partial charge < -0.3 is 9.42 Å². The van der Waals surface area contributed by atoms with Crippen LogP contribution in [-0.2, 0) is 16.3 Å². The van der Waals surface area contributed by atoms with Crippen molar-refractivity contribution < 1.29 is 9.42 Å². The van der Waals surface area contributed by atoms with E-state index in [4.69, 9.17) is 51.1 Å². The molecule has 0 aromatic heterocycles. The first kappa shape index (κ1) is 16.4. The van der Waals surface area contributed by atoms with E-state index in [1.807, 2.05) is 20.8 Å². The van der Waals surface area contributed by atoms with Gasteiger partial charge in [-0.15, -0.1) is 0 Å². The van der Waals surface area contributed by atoms with Crippen LogP contribution in [0.3, 0.4) is 0 Å². The molecule has 0 aliphatic heterocycles. The third kappa shape index (κ3) is 9.17. The van der Waals surface area contributed by atoms with Crippen molar-refractivity contribution in [3.63, 3.8) is 0 Å². The minimum Gasteiger partial charge on any atom is -0.345 e. The van der Waals surface area contributed by atoms with Crippen LogP contribution in [-0.4, -0.2) is 21.5 Å². The van der Waals surface area contributed by atoms with Crippen molar-refractivity contribution in [2.75, 3.05) is 12.8 Å². The highest BCUT2D eigenvalue weighted by atomic mass is 35.6. The average Bonchev–Trinajstić information content (AvgIpc) is 1.98. The van der Waals surface area contributed by atoms with Crippen molar-refractivity contribution in [2.45, 2.75) is 31.0 Å². The zero-order valence-corrected chi connectivity index (χ0v) is 12.9. The third-order valence-corrected chi connectivity index (χ3v) is 4.83. The maximum Gasteiger partial charge on any atom is 0.213 e. The monoisotopic (exact) mass is 312 g/mol. The van der Waals surface area contributed by atoms with Gasteiger partial charge in [-0.05, 0) is 17.2 Å². The van der Waals surface area contributed by atoms with Gasteiger partial charge in [0.05, 0.1) is 0 Å². The van der Waals surface area contributed by atoms with Gasteiger partial charge in [0.25, 0.3) is 0 Å². The summed E-state index contributed by atoms with van der Waals surface area (Å²) in [5, 5.41) is 0. The van der Waals surface area contributed by atoms with Crippen LogP contribution in [0.1, 0.15) is 27.2 Å². The molecule has 0 rings (SSSR count). The molecule has 0 bridgehead atoms. The van der Waals surface area contributed by atoms with Gasteiger partial charge in [-0.1, -0.05) is 62.0 Å². The molecule has 0 spiro atoms. The Morgan fingerprint density at radius 2 is 1.80 bits per heavy atom. The van der Waals surface area contributed by atoms with Gasteiger partial charge in [0.15, 0.2) is 6.49 Å². The summed E-state index contributed by atoms with van der Waals surface area (Å²) in [6.45, 7) is 3.04. The Morgan fingerprint density at radius 3 is 2.13 bits per heavy atom. The fourth-order valence-corrected chi connectivity index (χ4v) is 4.26. The highest BCUT2D eigenvalue weighted by Gasteiger charge is 2.29. The molecule has 2 nitrogen and oxygen atoms in total. The van der Waals surface area contributed by atoms with Crippen LogP contribution in [0, 0.1) is 5.41 Å². The molecule has 7 heteroatoms. The molecule has 0 saturated heterocycles. The standard InChI is InChI=1S/C8H16Cl3O2PS/c1-4-7(2,3)6-14(12,15)13-5-8(9,10)11/h4-6H2,1-3H3,(H,12,15). The van der Waals surface area contributed by atoms with E-state index < -0.39 is 10.3 Å². The third-order valence-electron chi connectivity index (χ3n) is 2.01. The highest BCUT2D eigenvalue weighted by Crippen LogP contribution is 2.49. The number of hydrogen-bond donors (Lipinski definition) is 1. The Hall–Kier alpha value is 1.44. The van der Waals surface area contributed by atoms with E-state index in [1.54, 1.807) is 0 Å². The van der Waals surface area contributed by atoms with Gasteiger partial charge in [0, 0.05) is 6.16 Å². The molecular formula is C8H16Cl3O2PS. The predicted octanol–water partition coefficient (Wildman–Crippen LogP) is 4.11. The molecule has 0 amide bonds. The smallest absolute Gasteiger partial charge is 0.213 e. The Morgan fingerprint density at radius 1 is 1.33 bits per heavy atom. The number of rotatable bonds is 5. The molecule has 0 aromatic rings. The van der Waals surface area contributed by atoms with Gasteiger partial charge in [0.2, 0.25) is 3.79 Å². The second-order valence-electron chi connectivity index (χ2n) is 4.20. The van der Waals surface area contributed by atoms with Crippen LogP contribution in [0.4, 0.5) is 0 Å². The van der Waals surface area contributed by atoms with Crippen LogP contribution < -0.4 is 0 Å². The lowest BCUT2D eigenvalue weighted by atomic mass is 9.93. The maximum absolute atomic E-state index is 9.87. The van der Waals surface area contributed by atoms with Crippen molar-refractivity contribution in [1.82, 2.24) is 0 Å². The first-order valence-electron chi connectivity index (χ1n) is 4.50. The quantitative estimate of drug-likeness (QED) is 0.612. The van der Waals surface area contributed by atoms with Gasteiger partial charge in [-0.25, -0.2) is 0 Å². The van der Waals surface area contributed by atoms with Crippen LogP contribution in [0.5, 0.6) is 0 Å². The Balaban J connectivity index is 4.27. The van der Waals surface area contributed by atoms with Crippen molar-refractivity contribution in [3.05, 3.63) is 0 Å². The Labute approximate surface area is 111 Å². The summed E-state index contributed by atoms with van der Waals surface area (Å²) in [5.74, 6) is 0. The lowest BCUT2D eigenvalue weighted by Crippen LogP contribution is -2.19. The van der Waals surface area contributed by atoms with Crippen LogP contribution >= 0.6 is 41.3 Å². The number of hydrogen-bond acceptors (Lipinski definition) is 2. The zero-order chi connectivity index (χ0) is 12.3. The fourth-order valence-electron chi connectivity index (χ4n) is 0.872. The van der Waals surface area contributed by atoms with Gasteiger partial charge in [-0.2, -0.15) is 0 Å². The van der Waals surface area contributed by atoms with E-state index >= 15 is 0 Å². The first-order valence-corrected chi connectivity index (χ1v) is 8.50. The summed E-state index contributed by atoms with van der Waals surface area (Å²) in [6.07, 6.45) is 1.33. The van der Waals surface area contributed by atoms with Gasteiger partial charge in [-0.3, -0.25) is 0 Å². The molecule has 92 valence electrons. The molecule has 0 aliphatic carbocycles. The molecule has 0 aromatic carbocycles. The molecule has 0 radical (unpaired) electrons. The van der Waals surface area contributed by atoms with Crippen molar-refractivity contribution in [1.29, 1.82) is 0 Å². The van der Waals surface area contributed by atoms with Crippen molar-refractivity contribution in [3.8, 4) is 0 Å². The van der Waals surface area contributed by atoms with E-state index in [1.165, 1.54) is 0 Å². The molecule has 0 saturated carbocycles. The summed E-state index contributed by atoms with van der Waals surface area (Å²) in [7, 11) is 0. The molecule has 1 N–H and O–H groups in total. The van der Waals surface area contributed by atoms with Crippen LogP contribution in [0.2, 0.25) is 0 Å². The van der Waals surface area contributed by atoms with E-state index in [2.05, 4.69) is 0 Å². The summed E-state index contributed by atoms with van der Waals surface area (Å²) < 4.78 is 3.59. The average molecular weight is 314 g/mol. The Bertz CT molecular complexity index is 253. The molecule has 15 heavy (non-hydrogen) atoms. The molecule has 1 unspecified atom stereocenters. The Kier molecular flexibility index (Phi) is 6.42. The first-order chi connectivity index (χ1) is 6.47. The summed E-state index contributed by atoms with van der Waals surface area (Å²) in [4.78, 5) is 9.87. The molecule has 0 aliphatic rings. The molecule has 0 heterocycles. The van der Waals surface area contributed by atoms with E-state index in [0.717, 1.165) is 6.42 Å². The second kappa shape index (κ2) is 5.86. The minimum absolute atomic E-state index is 0.0577. The lowest BCUT2D eigenvalue weighted by molar-refractivity contribution is 0.294. The van der Waals surface area contributed by atoms with Gasteiger partial charge >= 0.3 is 0 Å². The summed E-state index contributed by atoms with van der Waals surface area (Å²) in [5.41, 5.74) is -0.0577. The van der Waals surface area contributed by atoms with E-state index in [0.29, 0.717) is 6.16 Å². The largest absolute Gasteiger partial charge is 0.345 e. The molecule has 1 atom stereocenters. The number of halogens is 3. The SMILES string of the molecule is CCC(C)(C)CP(O)(=S)OCC(Cl)(Cl)Cl. The highest BCUT2D eigenvalue weighted by molar-refractivity contribution is 8.09. The maximum atomic E-state index is 9.87. The van der Waals surface area contributed by atoms with Crippen LogP contribution in [0.15, 0.2) is 0 Å². The summed E-state index contributed by atoms with van der Waals surface area (Å²) >= 11 is 21.5. The normalized spacial score (nSPS) is 17.5. The van der Waals surface area contributed by atoms with E-state index in [9.17, 15) is 4.89 Å². The minimum atomic E-state index is -2.85. The molecular weight excluding hydrogens is 297 g/mol. The number of alkyl halides is 3. The lowest BCUT2D eigenvalue weighted by Gasteiger charge is -2.28. The van der Waals surface area contributed by atoms with Crippen LogP contribution in [0.25, 0.3) is 0 Å². The topological polar surface area (TPSA) is 29.5 Å². The van der Waals surface area contributed by atoms with Crippen molar-refractivity contribution >= 4 is 53.1 Å². The molecule has 0 fully saturated rings. The van der Waals surface area contributed by atoms with E-state index in [-0.39, 0.29) is 12.0 Å². The second-order valence-corrected chi connectivity index (χ2v) is 10.3. The zero-order valence-electron chi connectivity index (χ0n) is 8.97. The van der Waals surface area contributed by atoms with Gasteiger partial charge in [0.1, 0.15) is 6.61 Å².